The zero-order valence-electron chi connectivity index (χ0n) is 15.1. The lowest BCUT2D eigenvalue weighted by Crippen LogP contribution is -2.04. The van der Waals surface area contributed by atoms with E-state index in [0.717, 1.165) is 22.4 Å². The molecule has 0 amide bonds. The molecule has 0 atom stereocenters. The maximum absolute atomic E-state index is 10.7. The van der Waals surface area contributed by atoms with E-state index in [9.17, 15) is 10.1 Å². The normalized spacial score (nSPS) is 10.5. The molecular weight excluding hydrogens is 399 g/mol. The summed E-state index contributed by atoms with van der Waals surface area (Å²) in [4.78, 5) is 10.3. The van der Waals surface area contributed by atoms with Gasteiger partial charge in [-0.15, -0.1) is 0 Å². The number of nitro benzene ring substituents is 1. The third-order valence-corrected chi connectivity index (χ3v) is 4.86. The van der Waals surface area contributed by atoms with Gasteiger partial charge < -0.3 is 10.1 Å². The van der Waals surface area contributed by atoms with E-state index in [4.69, 9.17) is 27.9 Å². The van der Waals surface area contributed by atoms with Gasteiger partial charge in [0, 0.05) is 40.0 Å². The van der Waals surface area contributed by atoms with Crippen molar-refractivity contribution in [3.8, 4) is 5.75 Å². The van der Waals surface area contributed by atoms with Gasteiger partial charge in [0.25, 0.3) is 5.69 Å². The minimum atomic E-state index is -0.426. The van der Waals surface area contributed by atoms with Crippen LogP contribution in [0.1, 0.15) is 16.7 Å². The van der Waals surface area contributed by atoms with Gasteiger partial charge in [-0.1, -0.05) is 29.3 Å². The highest BCUT2D eigenvalue weighted by atomic mass is 35.5. The molecule has 3 aromatic carbocycles. The minimum Gasteiger partial charge on any atom is -0.489 e. The fraction of sp³-hybridized carbons (Fsp3) is 0.143. The van der Waals surface area contributed by atoms with Crippen LogP contribution in [-0.2, 0) is 13.2 Å². The topological polar surface area (TPSA) is 64.4 Å². The number of nitro groups is 1. The highest BCUT2D eigenvalue weighted by molar-refractivity contribution is 6.31. The van der Waals surface area contributed by atoms with Gasteiger partial charge in [0.1, 0.15) is 12.4 Å². The molecule has 3 rings (SSSR count). The quantitative estimate of drug-likeness (QED) is 0.357. The molecule has 0 aliphatic heterocycles. The first-order valence-electron chi connectivity index (χ1n) is 8.57. The van der Waals surface area contributed by atoms with E-state index in [0.29, 0.717) is 28.9 Å². The first-order valence-corrected chi connectivity index (χ1v) is 9.32. The van der Waals surface area contributed by atoms with E-state index in [-0.39, 0.29) is 5.69 Å². The maximum Gasteiger partial charge on any atom is 0.269 e. The average molecular weight is 417 g/mol. The van der Waals surface area contributed by atoms with Crippen LogP contribution >= 0.6 is 23.2 Å². The summed E-state index contributed by atoms with van der Waals surface area (Å²) in [5, 5.41) is 15.4. The van der Waals surface area contributed by atoms with Crippen LogP contribution in [0.3, 0.4) is 0 Å². The molecule has 28 heavy (non-hydrogen) atoms. The van der Waals surface area contributed by atoms with Gasteiger partial charge in [0.15, 0.2) is 0 Å². The molecule has 0 saturated heterocycles. The highest BCUT2D eigenvalue weighted by Crippen LogP contribution is 2.26. The van der Waals surface area contributed by atoms with E-state index >= 15 is 0 Å². The molecule has 7 heteroatoms. The molecule has 5 nitrogen and oxygen atoms in total. The number of nitrogens with zero attached hydrogens (tertiary/aromatic N) is 1. The summed E-state index contributed by atoms with van der Waals surface area (Å²) in [6.07, 6.45) is 0. The lowest BCUT2D eigenvalue weighted by atomic mass is 10.1. The van der Waals surface area contributed by atoms with Gasteiger partial charge in [-0.3, -0.25) is 10.1 Å². The molecule has 1 N–H and O–H groups in total. The summed E-state index contributed by atoms with van der Waals surface area (Å²) >= 11 is 12.3. The third kappa shape index (κ3) is 5.15. The lowest BCUT2D eigenvalue weighted by molar-refractivity contribution is -0.384. The van der Waals surface area contributed by atoms with Crippen LogP contribution in [0.25, 0.3) is 0 Å². The van der Waals surface area contributed by atoms with Gasteiger partial charge in [-0.2, -0.15) is 0 Å². The number of hydrogen-bond acceptors (Lipinski definition) is 4. The van der Waals surface area contributed by atoms with Crippen LogP contribution in [0, 0.1) is 17.0 Å². The van der Waals surface area contributed by atoms with E-state index in [1.807, 2.05) is 37.3 Å². The van der Waals surface area contributed by atoms with Crippen molar-refractivity contribution in [2.75, 3.05) is 5.32 Å². The number of rotatable bonds is 7. The summed E-state index contributed by atoms with van der Waals surface area (Å²) in [6.45, 7) is 2.76. The van der Waals surface area contributed by atoms with Crippen molar-refractivity contribution in [1.82, 2.24) is 0 Å². The van der Waals surface area contributed by atoms with Gasteiger partial charge in [-0.05, 0) is 60.5 Å². The van der Waals surface area contributed by atoms with Gasteiger partial charge in [0.05, 0.1) is 4.92 Å². The molecule has 0 heterocycles. The number of hydrogen-bond donors (Lipinski definition) is 1. The summed E-state index contributed by atoms with van der Waals surface area (Å²) in [7, 11) is 0. The van der Waals surface area contributed by atoms with Crippen molar-refractivity contribution < 1.29 is 9.66 Å². The Bertz CT molecular complexity index is 991. The zero-order chi connectivity index (χ0) is 20.1. The van der Waals surface area contributed by atoms with Gasteiger partial charge in [-0.25, -0.2) is 0 Å². The smallest absolute Gasteiger partial charge is 0.269 e. The molecule has 0 unspecified atom stereocenters. The molecule has 0 fully saturated rings. The SMILES string of the molecule is Cc1ccc(NCc2cc(Cl)ccc2OCc2ccc([N+](=O)[O-])cc2)cc1Cl. The number of ether oxygens (including phenoxy) is 1. The molecule has 0 aliphatic carbocycles. The molecule has 3 aromatic rings. The summed E-state index contributed by atoms with van der Waals surface area (Å²) < 4.78 is 5.92. The van der Waals surface area contributed by atoms with Crippen molar-refractivity contribution in [3.63, 3.8) is 0 Å². The van der Waals surface area contributed by atoms with E-state index in [1.165, 1.54) is 12.1 Å². The van der Waals surface area contributed by atoms with Crippen molar-refractivity contribution >= 4 is 34.6 Å². The fourth-order valence-electron chi connectivity index (χ4n) is 2.60. The fourth-order valence-corrected chi connectivity index (χ4v) is 2.98. The number of non-ortho nitro benzene ring substituents is 1. The molecule has 0 aliphatic rings. The van der Waals surface area contributed by atoms with Crippen LogP contribution in [0.4, 0.5) is 11.4 Å². The highest BCUT2D eigenvalue weighted by Gasteiger charge is 2.08. The second-order valence-electron chi connectivity index (χ2n) is 6.28. The Morgan fingerprint density at radius 2 is 1.79 bits per heavy atom. The minimum absolute atomic E-state index is 0.0527. The van der Waals surface area contributed by atoms with Crippen molar-refractivity contribution in [3.05, 3.63) is 97.5 Å². The lowest BCUT2D eigenvalue weighted by Gasteiger charge is -2.14. The maximum atomic E-state index is 10.7. The summed E-state index contributed by atoms with van der Waals surface area (Å²) in [5.41, 5.74) is 3.70. The standard InChI is InChI=1S/C21H18Cl2N2O3/c1-14-2-6-18(11-20(14)23)24-12-16-10-17(22)5-9-21(16)28-13-15-3-7-19(8-4-15)25(26)27/h2-11,24H,12-13H2,1H3. The Balaban J connectivity index is 1.69. The van der Waals surface area contributed by atoms with Crippen LogP contribution < -0.4 is 10.1 Å². The number of aryl methyl sites for hydroxylation is 1. The molecule has 0 bridgehead atoms. The molecular formula is C21H18Cl2N2O3. The van der Waals surface area contributed by atoms with Gasteiger partial charge in [0.2, 0.25) is 0 Å². The summed E-state index contributed by atoms with van der Waals surface area (Å²) in [5.74, 6) is 0.688. The number of nitrogens with one attached hydrogen (secondary N) is 1. The van der Waals surface area contributed by atoms with Crippen LogP contribution in [0.15, 0.2) is 60.7 Å². The largest absolute Gasteiger partial charge is 0.489 e. The zero-order valence-corrected chi connectivity index (χ0v) is 16.6. The van der Waals surface area contributed by atoms with E-state index in [2.05, 4.69) is 5.32 Å². The van der Waals surface area contributed by atoms with Crippen LogP contribution in [-0.4, -0.2) is 4.92 Å². The first-order chi connectivity index (χ1) is 13.4. The van der Waals surface area contributed by atoms with Gasteiger partial charge >= 0.3 is 0 Å². The second kappa shape index (κ2) is 8.95. The number of anilines is 1. The van der Waals surface area contributed by atoms with Crippen LogP contribution in [0.2, 0.25) is 10.0 Å². The Kier molecular flexibility index (Phi) is 6.39. The molecule has 0 aromatic heterocycles. The Hall–Kier alpha value is -2.76. The van der Waals surface area contributed by atoms with E-state index in [1.54, 1.807) is 18.2 Å². The third-order valence-electron chi connectivity index (χ3n) is 4.22. The Labute approximate surface area is 173 Å². The average Bonchev–Trinajstić information content (AvgIpc) is 2.68. The predicted molar refractivity (Wildman–Crippen MR) is 112 cm³/mol. The van der Waals surface area contributed by atoms with Crippen molar-refractivity contribution in [2.45, 2.75) is 20.1 Å². The molecule has 144 valence electrons. The number of halogens is 2. The second-order valence-corrected chi connectivity index (χ2v) is 7.13. The van der Waals surface area contributed by atoms with Crippen molar-refractivity contribution in [2.24, 2.45) is 0 Å². The molecule has 0 spiro atoms. The molecule has 0 saturated carbocycles. The van der Waals surface area contributed by atoms with E-state index < -0.39 is 4.92 Å². The predicted octanol–water partition coefficient (Wildman–Crippen LogP) is 6.40. The monoisotopic (exact) mass is 416 g/mol. The summed E-state index contributed by atoms with van der Waals surface area (Å²) in [6, 6.07) is 17.5. The Morgan fingerprint density at radius 1 is 1.04 bits per heavy atom. The Morgan fingerprint density at radius 3 is 2.46 bits per heavy atom. The molecule has 0 radical (unpaired) electrons. The number of benzene rings is 3. The first kappa shape index (κ1) is 20.0. The van der Waals surface area contributed by atoms with Crippen LogP contribution in [0.5, 0.6) is 5.75 Å². The van der Waals surface area contributed by atoms with Crippen molar-refractivity contribution in [1.29, 1.82) is 0 Å².